The molecule has 0 bridgehead atoms. The Balaban J connectivity index is 0.00000140. The van der Waals surface area contributed by atoms with E-state index < -0.39 is 0 Å². The van der Waals surface area contributed by atoms with Gasteiger partial charge in [-0.15, -0.1) is 24.8 Å². The van der Waals surface area contributed by atoms with Crippen molar-refractivity contribution in [1.29, 1.82) is 0 Å². The lowest BCUT2D eigenvalue weighted by Crippen LogP contribution is -2.60. The second kappa shape index (κ2) is 10.1. The van der Waals surface area contributed by atoms with Crippen LogP contribution in [0.4, 0.5) is 5.69 Å². The topological polar surface area (TPSA) is 58.8 Å². The number of carbonyl (C=O) groups excluding carboxylic acids is 1. The number of rotatable bonds is 3. The first-order valence-corrected chi connectivity index (χ1v) is 9.21. The smallest absolute Gasteiger partial charge is 0.227 e. The van der Waals surface area contributed by atoms with Crippen molar-refractivity contribution < 1.29 is 9.53 Å². The molecule has 2 saturated heterocycles. The van der Waals surface area contributed by atoms with E-state index in [2.05, 4.69) is 29.2 Å². The molecule has 0 radical (unpaired) electrons. The van der Waals surface area contributed by atoms with E-state index in [0.29, 0.717) is 13.0 Å². The molecule has 0 aliphatic carbocycles. The third-order valence-electron chi connectivity index (χ3n) is 5.39. The minimum Gasteiger partial charge on any atom is -0.399 e. The molecule has 2 aromatic rings. The predicted molar refractivity (Wildman–Crippen MR) is 116 cm³/mol. The first kappa shape index (κ1) is 22.5. The van der Waals surface area contributed by atoms with E-state index in [1.54, 1.807) is 0 Å². The second-order valence-corrected chi connectivity index (χ2v) is 7.11. The minimum absolute atomic E-state index is 0. The summed E-state index contributed by atoms with van der Waals surface area (Å²) < 4.78 is 5.87. The maximum Gasteiger partial charge on any atom is 0.227 e. The number of morpholine rings is 1. The van der Waals surface area contributed by atoms with Gasteiger partial charge in [0, 0.05) is 25.3 Å². The van der Waals surface area contributed by atoms with E-state index in [1.807, 2.05) is 35.2 Å². The number of amides is 1. The van der Waals surface area contributed by atoms with Crippen molar-refractivity contribution in [3.63, 3.8) is 0 Å². The normalized spacial score (nSPS) is 21.8. The van der Waals surface area contributed by atoms with E-state index in [-0.39, 0.29) is 42.8 Å². The van der Waals surface area contributed by atoms with Gasteiger partial charge in [-0.1, -0.05) is 42.5 Å². The summed E-state index contributed by atoms with van der Waals surface area (Å²) in [4.78, 5) is 17.2. The highest BCUT2D eigenvalue weighted by Gasteiger charge is 2.37. The summed E-state index contributed by atoms with van der Waals surface area (Å²) in [5.41, 5.74) is 8.74. The first-order valence-electron chi connectivity index (χ1n) is 9.21. The number of benzene rings is 2. The number of hydrogen-bond donors (Lipinski definition) is 1. The number of carbonyl (C=O) groups is 1. The summed E-state index contributed by atoms with van der Waals surface area (Å²) >= 11 is 0. The Morgan fingerprint density at radius 2 is 1.71 bits per heavy atom. The Kier molecular flexibility index (Phi) is 8.13. The lowest BCUT2D eigenvalue weighted by Gasteiger charge is -2.48. The van der Waals surface area contributed by atoms with Crippen molar-refractivity contribution in [2.45, 2.75) is 18.5 Å². The number of hydrogen-bond acceptors (Lipinski definition) is 4. The zero-order valence-electron chi connectivity index (χ0n) is 15.7. The van der Waals surface area contributed by atoms with Crippen molar-refractivity contribution in [2.24, 2.45) is 0 Å². The van der Waals surface area contributed by atoms with E-state index in [4.69, 9.17) is 10.5 Å². The van der Waals surface area contributed by atoms with Crippen LogP contribution < -0.4 is 5.73 Å². The van der Waals surface area contributed by atoms with E-state index in [9.17, 15) is 4.79 Å². The number of nitrogen functional groups attached to an aromatic ring is 1. The first-order chi connectivity index (χ1) is 12.7. The fraction of sp³-hybridized carbons (Fsp3) is 0.381. The quantitative estimate of drug-likeness (QED) is 0.770. The maximum absolute atomic E-state index is 12.7. The van der Waals surface area contributed by atoms with Gasteiger partial charge in [0.1, 0.15) is 0 Å². The van der Waals surface area contributed by atoms with Crippen LogP contribution in [0.2, 0.25) is 0 Å². The number of halogens is 2. The molecule has 2 fully saturated rings. The van der Waals surface area contributed by atoms with Crippen LogP contribution in [0, 0.1) is 0 Å². The Hall–Kier alpha value is -1.79. The van der Waals surface area contributed by atoms with Crippen LogP contribution in [-0.2, 0) is 16.0 Å². The van der Waals surface area contributed by atoms with Gasteiger partial charge < -0.3 is 15.4 Å². The molecule has 7 heteroatoms. The van der Waals surface area contributed by atoms with Crippen LogP contribution in [0.15, 0.2) is 54.6 Å². The number of nitrogens with two attached hydrogens (primary N) is 1. The van der Waals surface area contributed by atoms with E-state index in [0.717, 1.165) is 37.5 Å². The van der Waals surface area contributed by atoms with Crippen molar-refractivity contribution in [2.75, 3.05) is 38.6 Å². The molecule has 4 rings (SSSR count). The summed E-state index contributed by atoms with van der Waals surface area (Å²) in [7, 11) is 0. The summed E-state index contributed by atoms with van der Waals surface area (Å²) in [5, 5.41) is 0. The molecule has 2 N–H and O–H groups in total. The molecule has 152 valence electrons. The van der Waals surface area contributed by atoms with Gasteiger partial charge in [0.15, 0.2) is 0 Å². The molecule has 1 amide bonds. The molecule has 28 heavy (non-hydrogen) atoms. The third kappa shape index (κ3) is 4.97. The monoisotopic (exact) mass is 423 g/mol. The molecular weight excluding hydrogens is 397 g/mol. The number of piperazine rings is 1. The van der Waals surface area contributed by atoms with Gasteiger partial charge in [-0.2, -0.15) is 0 Å². The lowest BCUT2D eigenvalue weighted by molar-refractivity contribution is -0.139. The molecule has 5 nitrogen and oxygen atoms in total. The minimum atomic E-state index is 0. The van der Waals surface area contributed by atoms with E-state index >= 15 is 0 Å². The average molecular weight is 424 g/mol. The number of fused-ring (bicyclic) bond motifs is 1. The highest BCUT2D eigenvalue weighted by molar-refractivity contribution is 5.85. The SMILES string of the molecule is Cl.Cl.Nc1ccc(CC(=O)N2CCN3[C@@H](COC[C@@H]3c3ccccc3)C2)cc1. The predicted octanol–water partition coefficient (Wildman–Crippen LogP) is 2.94. The fourth-order valence-corrected chi connectivity index (χ4v) is 3.95. The molecule has 2 aromatic carbocycles. The Morgan fingerprint density at radius 3 is 2.43 bits per heavy atom. The number of ether oxygens (including phenoxy) is 1. The molecule has 2 atom stereocenters. The highest BCUT2D eigenvalue weighted by Crippen LogP contribution is 2.29. The van der Waals surface area contributed by atoms with Gasteiger partial charge in [0.05, 0.1) is 31.7 Å². The summed E-state index contributed by atoms with van der Waals surface area (Å²) in [5.74, 6) is 0.177. The molecule has 0 saturated carbocycles. The molecule has 0 aromatic heterocycles. The standard InChI is InChI=1S/C21H25N3O2.2ClH/c22-18-8-6-16(7-9-18)12-21(25)23-10-11-24-19(13-23)14-26-15-20(24)17-4-2-1-3-5-17;;/h1-9,19-20H,10-15,22H2;2*1H/t19-,20-;;/m1../s1. The van der Waals surface area contributed by atoms with Crippen LogP contribution in [-0.4, -0.2) is 54.6 Å². The van der Waals surface area contributed by atoms with E-state index in [1.165, 1.54) is 5.56 Å². The van der Waals surface area contributed by atoms with Gasteiger partial charge in [-0.05, 0) is 23.3 Å². The highest BCUT2D eigenvalue weighted by atomic mass is 35.5. The van der Waals surface area contributed by atoms with Crippen LogP contribution in [0.1, 0.15) is 17.2 Å². The van der Waals surface area contributed by atoms with Crippen molar-refractivity contribution in [3.8, 4) is 0 Å². The molecule has 2 heterocycles. The van der Waals surface area contributed by atoms with Gasteiger partial charge in [0.25, 0.3) is 0 Å². The summed E-state index contributed by atoms with van der Waals surface area (Å²) in [6, 6.07) is 18.6. The van der Waals surface area contributed by atoms with Gasteiger partial charge in [0.2, 0.25) is 5.91 Å². The zero-order chi connectivity index (χ0) is 17.9. The Bertz CT molecular complexity index is 758. The molecule has 2 aliphatic heterocycles. The van der Waals surface area contributed by atoms with Crippen LogP contribution in [0.25, 0.3) is 0 Å². The molecule has 0 spiro atoms. The zero-order valence-corrected chi connectivity index (χ0v) is 17.3. The van der Waals surface area contributed by atoms with Crippen LogP contribution >= 0.6 is 24.8 Å². The number of nitrogens with zero attached hydrogens (tertiary/aromatic N) is 2. The second-order valence-electron chi connectivity index (χ2n) is 7.11. The lowest BCUT2D eigenvalue weighted by atomic mass is 10.00. The van der Waals surface area contributed by atoms with Crippen LogP contribution in [0.3, 0.4) is 0 Å². The average Bonchev–Trinajstić information content (AvgIpc) is 2.69. The summed E-state index contributed by atoms with van der Waals surface area (Å²) in [6.45, 7) is 3.81. The molecule has 2 aliphatic rings. The Labute approximate surface area is 178 Å². The van der Waals surface area contributed by atoms with Crippen molar-refractivity contribution in [1.82, 2.24) is 9.80 Å². The largest absolute Gasteiger partial charge is 0.399 e. The molecule has 0 unspecified atom stereocenters. The summed E-state index contributed by atoms with van der Waals surface area (Å²) in [6.07, 6.45) is 0.427. The maximum atomic E-state index is 12.7. The third-order valence-corrected chi connectivity index (χ3v) is 5.39. The van der Waals surface area contributed by atoms with Gasteiger partial charge in [-0.3, -0.25) is 9.69 Å². The Morgan fingerprint density at radius 1 is 1.00 bits per heavy atom. The van der Waals surface area contributed by atoms with Gasteiger partial charge in [-0.25, -0.2) is 0 Å². The number of anilines is 1. The van der Waals surface area contributed by atoms with Crippen LogP contribution in [0.5, 0.6) is 0 Å². The fourth-order valence-electron chi connectivity index (χ4n) is 3.95. The van der Waals surface area contributed by atoms with Crippen molar-refractivity contribution >= 4 is 36.4 Å². The van der Waals surface area contributed by atoms with Gasteiger partial charge >= 0.3 is 0 Å². The van der Waals surface area contributed by atoms with Crippen molar-refractivity contribution in [3.05, 3.63) is 65.7 Å². The molecular formula is C21H27Cl2N3O2.